The molecule has 1 N–H and O–H groups in total. The number of anilines is 1. The molecule has 134 valence electrons. The smallest absolute Gasteiger partial charge is 0.228 e. The van der Waals surface area contributed by atoms with E-state index in [0.717, 1.165) is 0 Å². The molecule has 2 fully saturated rings. The Hall–Kier alpha value is -1.79. The van der Waals surface area contributed by atoms with Crippen LogP contribution in [0.2, 0.25) is 10.0 Å². The van der Waals surface area contributed by atoms with Crippen molar-refractivity contribution in [3.05, 3.63) is 28.2 Å². The van der Waals surface area contributed by atoms with Crippen molar-refractivity contribution in [2.75, 3.05) is 31.5 Å². The minimum Gasteiger partial charge on any atom is -0.339 e. The van der Waals surface area contributed by atoms with Gasteiger partial charge in [-0.25, -0.2) is 0 Å². The molecule has 2 atom stereocenters. The SMILES string of the molecule is CC(=O)N1CCN(C(=O)C2CC2C(=O)Nc2cc(Cl)cc(Cl)c2)CC1. The van der Waals surface area contributed by atoms with E-state index in [1.54, 1.807) is 28.0 Å². The van der Waals surface area contributed by atoms with Crippen molar-refractivity contribution in [2.24, 2.45) is 11.8 Å². The average Bonchev–Trinajstić information content (AvgIpc) is 3.34. The molecule has 25 heavy (non-hydrogen) atoms. The number of hydrogen-bond acceptors (Lipinski definition) is 3. The van der Waals surface area contributed by atoms with Crippen LogP contribution in [0.15, 0.2) is 18.2 Å². The van der Waals surface area contributed by atoms with Crippen molar-refractivity contribution in [3.63, 3.8) is 0 Å². The molecule has 0 bridgehead atoms. The number of piperazine rings is 1. The second-order valence-corrected chi connectivity index (χ2v) is 7.30. The van der Waals surface area contributed by atoms with Crippen LogP contribution in [-0.4, -0.2) is 53.7 Å². The molecule has 1 saturated heterocycles. The van der Waals surface area contributed by atoms with E-state index in [2.05, 4.69) is 5.32 Å². The number of carbonyl (C=O) groups excluding carboxylic acids is 3. The number of amides is 3. The minimum atomic E-state index is -0.323. The van der Waals surface area contributed by atoms with E-state index in [1.165, 1.54) is 6.92 Å². The first-order chi connectivity index (χ1) is 11.8. The zero-order chi connectivity index (χ0) is 18.1. The molecule has 1 heterocycles. The van der Waals surface area contributed by atoms with Crippen LogP contribution in [0.1, 0.15) is 13.3 Å². The zero-order valence-electron chi connectivity index (χ0n) is 13.8. The summed E-state index contributed by atoms with van der Waals surface area (Å²) in [4.78, 5) is 39.6. The highest BCUT2D eigenvalue weighted by Gasteiger charge is 2.49. The summed E-state index contributed by atoms with van der Waals surface area (Å²) < 4.78 is 0. The summed E-state index contributed by atoms with van der Waals surface area (Å²) >= 11 is 11.8. The van der Waals surface area contributed by atoms with E-state index in [1.807, 2.05) is 0 Å². The van der Waals surface area contributed by atoms with Crippen LogP contribution < -0.4 is 5.32 Å². The third-order valence-corrected chi connectivity index (χ3v) is 5.05. The topological polar surface area (TPSA) is 69.7 Å². The lowest BCUT2D eigenvalue weighted by atomic mass is 10.2. The molecule has 2 unspecified atom stereocenters. The van der Waals surface area contributed by atoms with Crippen LogP contribution in [0.5, 0.6) is 0 Å². The summed E-state index contributed by atoms with van der Waals surface area (Å²) in [5, 5.41) is 3.64. The second-order valence-electron chi connectivity index (χ2n) is 6.43. The molecule has 3 amide bonds. The highest BCUT2D eigenvalue weighted by molar-refractivity contribution is 6.35. The van der Waals surface area contributed by atoms with E-state index < -0.39 is 0 Å². The molecule has 1 aliphatic carbocycles. The van der Waals surface area contributed by atoms with Crippen molar-refractivity contribution >= 4 is 46.6 Å². The van der Waals surface area contributed by atoms with Crippen molar-refractivity contribution in [1.82, 2.24) is 9.80 Å². The fraction of sp³-hybridized carbons (Fsp3) is 0.471. The van der Waals surface area contributed by atoms with Gasteiger partial charge in [-0.2, -0.15) is 0 Å². The van der Waals surface area contributed by atoms with Crippen LogP contribution in [-0.2, 0) is 14.4 Å². The van der Waals surface area contributed by atoms with Crippen molar-refractivity contribution < 1.29 is 14.4 Å². The number of benzene rings is 1. The molecule has 1 aromatic rings. The Morgan fingerprint density at radius 1 is 0.960 bits per heavy atom. The molecule has 0 spiro atoms. The van der Waals surface area contributed by atoms with Gasteiger partial charge in [0.05, 0.1) is 11.8 Å². The number of rotatable bonds is 3. The van der Waals surface area contributed by atoms with Crippen molar-refractivity contribution in [1.29, 1.82) is 0 Å². The largest absolute Gasteiger partial charge is 0.339 e. The Kier molecular flexibility index (Phi) is 5.20. The molecule has 1 aromatic carbocycles. The van der Waals surface area contributed by atoms with Crippen LogP contribution in [0.4, 0.5) is 5.69 Å². The van der Waals surface area contributed by atoms with Gasteiger partial charge in [-0.3, -0.25) is 14.4 Å². The Morgan fingerprint density at radius 3 is 2.08 bits per heavy atom. The first-order valence-electron chi connectivity index (χ1n) is 8.16. The first kappa shape index (κ1) is 18.0. The number of nitrogens with one attached hydrogen (secondary N) is 1. The Morgan fingerprint density at radius 2 is 1.52 bits per heavy atom. The monoisotopic (exact) mass is 383 g/mol. The van der Waals surface area contributed by atoms with Crippen molar-refractivity contribution in [2.45, 2.75) is 13.3 Å². The summed E-state index contributed by atoms with van der Waals surface area (Å²) in [6.45, 7) is 3.67. The fourth-order valence-corrected chi connectivity index (χ4v) is 3.62. The predicted molar refractivity (Wildman–Crippen MR) is 95.5 cm³/mol. The quantitative estimate of drug-likeness (QED) is 0.869. The van der Waals surface area contributed by atoms with Gasteiger partial charge in [-0.05, 0) is 24.6 Å². The highest BCUT2D eigenvalue weighted by Crippen LogP contribution is 2.41. The Labute approximate surface area is 156 Å². The third kappa shape index (κ3) is 4.25. The van der Waals surface area contributed by atoms with Crippen LogP contribution in [0.3, 0.4) is 0 Å². The highest BCUT2D eigenvalue weighted by atomic mass is 35.5. The maximum atomic E-state index is 12.5. The van der Waals surface area contributed by atoms with E-state index in [-0.39, 0.29) is 29.6 Å². The normalized spacial score (nSPS) is 22.5. The lowest BCUT2D eigenvalue weighted by Gasteiger charge is -2.34. The molecule has 1 saturated carbocycles. The zero-order valence-corrected chi connectivity index (χ0v) is 15.3. The maximum absolute atomic E-state index is 12.5. The molecule has 6 nitrogen and oxygen atoms in total. The summed E-state index contributed by atoms with van der Waals surface area (Å²) in [5.41, 5.74) is 0.524. The van der Waals surface area contributed by atoms with E-state index in [9.17, 15) is 14.4 Å². The van der Waals surface area contributed by atoms with E-state index in [4.69, 9.17) is 23.2 Å². The van der Waals surface area contributed by atoms with E-state index in [0.29, 0.717) is 48.3 Å². The van der Waals surface area contributed by atoms with Crippen LogP contribution in [0.25, 0.3) is 0 Å². The van der Waals surface area contributed by atoms with Gasteiger partial charge in [-0.1, -0.05) is 23.2 Å². The molecule has 3 rings (SSSR count). The minimum absolute atomic E-state index is 0.00696. The van der Waals surface area contributed by atoms with Gasteiger partial charge < -0.3 is 15.1 Å². The van der Waals surface area contributed by atoms with Gasteiger partial charge in [0.2, 0.25) is 17.7 Å². The molecule has 8 heteroatoms. The summed E-state index contributed by atoms with van der Waals surface area (Å²) in [6, 6.07) is 4.82. The summed E-state index contributed by atoms with van der Waals surface area (Å²) in [7, 11) is 0. The summed E-state index contributed by atoms with van der Waals surface area (Å²) in [6.07, 6.45) is 0.548. The van der Waals surface area contributed by atoms with Gasteiger partial charge in [0, 0.05) is 48.8 Å². The molecule has 0 aromatic heterocycles. The lowest BCUT2D eigenvalue weighted by Crippen LogP contribution is -2.50. The van der Waals surface area contributed by atoms with Gasteiger partial charge in [0.1, 0.15) is 0 Å². The summed E-state index contributed by atoms with van der Waals surface area (Å²) in [5.74, 6) is -0.780. The van der Waals surface area contributed by atoms with Crippen LogP contribution >= 0.6 is 23.2 Å². The Bertz CT molecular complexity index is 697. The number of hydrogen-bond donors (Lipinski definition) is 1. The van der Waals surface area contributed by atoms with Gasteiger partial charge >= 0.3 is 0 Å². The molecule has 2 aliphatic rings. The molecular weight excluding hydrogens is 365 g/mol. The van der Waals surface area contributed by atoms with Gasteiger partial charge in [0.15, 0.2) is 0 Å². The van der Waals surface area contributed by atoms with E-state index >= 15 is 0 Å². The van der Waals surface area contributed by atoms with Gasteiger partial charge in [-0.15, -0.1) is 0 Å². The molecule has 0 radical (unpaired) electrons. The maximum Gasteiger partial charge on any atom is 0.228 e. The molecule has 1 aliphatic heterocycles. The third-order valence-electron chi connectivity index (χ3n) is 4.61. The molecular formula is C17H19Cl2N3O3. The standard InChI is InChI=1S/C17H19Cl2N3O3/c1-10(23)21-2-4-22(5-3-21)17(25)15-9-14(15)16(24)20-13-7-11(18)6-12(19)8-13/h6-8,14-15H,2-5,9H2,1H3,(H,20,24). The average molecular weight is 384 g/mol. The second kappa shape index (κ2) is 7.22. The van der Waals surface area contributed by atoms with Crippen LogP contribution in [0, 0.1) is 11.8 Å². The lowest BCUT2D eigenvalue weighted by molar-refractivity contribution is -0.139. The first-order valence-corrected chi connectivity index (χ1v) is 8.92. The number of halogens is 2. The van der Waals surface area contributed by atoms with Gasteiger partial charge in [0.25, 0.3) is 0 Å². The van der Waals surface area contributed by atoms with Crippen molar-refractivity contribution in [3.8, 4) is 0 Å². The number of nitrogens with zero attached hydrogens (tertiary/aromatic N) is 2. The Balaban J connectivity index is 1.52. The number of carbonyl (C=O) groups is 3. The predicted octanol–water partition coefficient (Wildman–Crippen LogP) is 2.26. The fourth-order valence-electron chi connectivity index (χ4n) is 3.09.